The second-order valence-corrected chi connectivity index (χ2v) is 10.4. The predicted octanol–water partition coefficient (Wildman–Crippen LogP) is 5.62. The first-order valence-electron chi connectivity index (χ1n) is 10.7. The highest BCUT2D eigenvalue weighted by Gasteiger charge is 2.34. The van der Waals surface area contributed by atoms with Crippen LogP contribution in [0.3, 0.4) is 0 Å². The van der Waals surface area contributed by atoms with Crippen LogP contribution in [-0.4, -0.2) is 8.42 Å². The fourth-order valence-electron chi connectivity index (χ4n) is 3.89. The minimum Gasteiger partial charge on any atom is -0.423 e. The summed E-state index contributed by atoms with van der Waals surface area (Å²) in [6.07, 6.45) is -4.45. The number of alkyl halides is 3. The Kier molecular flexibility index (Phi) is 6.33. The van der Waals surface area contributed by atoms with Gasteiger partial charge in [0.1, 0.15) is 5.58 Å². The van der Waals surface area contributed by atoms with Gasteiger partial charge in [-0.1, -0.05) is 48.5 Å². The quantitative estimate of drug-likeness (QED) is 0.348. The Bertz CT molecular complexity index is 1530. The molecular formula is C26H22F3NO4S. The van der Waals surface area contributed by atoms with E-state index in [1.54, 1.807) is 32.0 Å². The molecule has 0 bridgehead atoms. The van der Waals surface area contributed by atoms with Crippen molar-refractivity contribution in [1.29, 1.82) is 0 Å². The maximum Gasteiger partial charge on any atom is 0.417 e. The molecule has 0 spiro atoms. The van der Waals surface area contributed by atoms with Crippen LogP contribution in [0.4, 0.5) is 13.2 Å². The fourth-order valence-corrected chi connectivity index (χ4v) is 5.29. The van der Waals surface area contributed by atoms with Crippen molar-refractivity contribution in [2.45, 2.75) is 36.9 Å². The van der Waals surface area contributed by atoms with E-state index in [2.05, 4.69) is 4.72 Å². The third-order valence-electron chi connectivity index (χ3n) is 5.64. The molecule has 35 heavy (non-hydrogen) atoms. The van der Waals surface area contributed by atoms with E-state index in [0.717, 1.165) is 5.56 Å². The Morgan fingerprint density at radius 2 is 1.49 bits per heavy atom. The zero-order valence-electron chi connectivity index (χ0n) is 18.9. The molecule has 5 nitrogen and oxygen atoms in total. The molecule has 0 amide bonds. The molecule has 1 heterocycles. The molecule has 0 saturated heterocycles. The van der Waals surface area contributed by atoms with Crippen molar-refractivity contribution in [3.63, 3.8) is 0 Å². The van der Waals surface area contributed by atoms with Crippen LogP contribution in [0.2, 0.25) is 0 Å². The normalized spacial score (nSPS) is 12.7. The lowest BCUT2D eigenvalue weighted by atomic mass is 9.96. The highest BCUT2D eigenvalue weighted by Crippen LogP contribution is 2.34. The number of hydrogen-bond donors (Lipinski definition) is 1. The minimum atomic E-state index is -4.71. The van der Waals surface area contributed by atoms with Gasteiger partial charge in [0.25, 0.3) is 0 Å². The van der Waals surface area contributed by atoms with E-state index in [9.17, 15) is 26.4 Å². The summed E-state index contributed by atoms with van der Waals surface area (Å²) in [5.41, 5.74) is -1.05. The highest BCUT2D eigenvalue weighted by atomic mass is 32.2. The van der Waals surface area contributed by atoms with Crippen molar-refractivity contribution in [3.05, 3.63) is 112 Å². The van der Waals surface area contributed by atoms with Crippen LogP contribution >= 0.6 is 0 Å². The van der Waals surface area contributed by atoms with Crippen LogP contribution in [-0.2, 0) is 28.2 Å². The summed E-state index contributed by atoms with van der Waals surface area (Å²) in [5.74, 6) is 0. The Labute approximate surface area is 200 Å². The van der Waals surface area contributed by atoms with E-state index in [4.69, 9.17) is 4.42 Å². The van der Waals surface area contributed by atoms with Crippen LogP contribution in [0.25, 0.3) is 11.0 Å². The first-order valence-corrected chi connectivity index (χ1v) is 12.2. The van der Waals surface area contributed by atoms with Crippen LogP contribution < -0.4 is 10.3 Å². The molecule has 182 valence electrons. The van der Waals surface area contributed by atoms with Gasteiger partial charge in [0.05, 0.1) is 16.0 Å². The summed E-state index contributed by atoms with van der Waals surface area (Å²) in [4.78, 5) is 11.6. The van der Waals surface area contributed by atoms with Crippen LogP contribution in [0, 0.1) is 0 Å². The second kappa shape index (κ2) is 8.98. The molecule has 0 fully saturated rings. The van der Waals surface area contributed by atoms with Crippen molar-refractivity contribution in [1.82, 2.24) is 4.72 Å². The van der Waals surface area contributed by atoms with Gasteiger partial charge in [-0.3, -0.25) is 0 Å². The van der Waals surface area contributed by atoms with Crippen molar-refractivity contribution < 1.29 is 26.0 Å². The number of nitrogens with one attached hydrogen (secondary N) is 1. The van der Waals surface area contributed by atoms with Gasteiger partial charge in [0.2, 0.25) is 10.0 Å². The van der Waals surface area contributed by atoms with Crippen molar-refractivity contribution >= 4 is 21.0 Å². The van der Waals surface area contributed by atoms with Crippen LogP contribution in [0.15, 0.2) is 93.0 Å². The number of halogens is 3. The standard InChI is InChI=1S/C26H22F3NO4S/c1-25(2,19-6-4-3-5-7-19)30-35(32,33)20-11-8-17(9-12-20)14-18-10-13-23-21(15-18)22(26(27,28)29)16-24(31)34-23/h3-13,15-16,30H,14H2,1-2H3. The van der Waals surface area contributed by atoms with E-state index in [1.165, 1.54) is 24.3 Å². The molecule has 0 atom stereocenters. The molecule has 1 aromatic heterocycles. The number of benzene rings is 3. The number of sulfonamides is 1. The van der Waals surface area contributed by atoms with Crippen molar-refractivity contribution in [2.24, 2.45) is 0 Å². The monoisotopic (exact) mass is 501 g/mol. The zero-order chi connectivity index (χ0) is 25.4. The fraction of sp³-hybridized carbons (Fsp3) is 0.192. The summed E-state index contributed by atoms with van der Waals surface area (Å²) in [7, 11) is -3.83. The number of fused-ring (bicyclic) bond motifs is 1. The largest absolute Gasteiger partial charge is 0.423 e. The van der Waals surface area contributed by atoms with Gasteiger partial charge in [-0.2, -0.15) is 13.2 Å². The first-order chi connectivity index (χ1) is 16.3. The highest BCUT2D eigenvalue weighted by molar-refractivity contribution is 7.89. The molecule has 3 aromatic carbocycles. The van der Waals surface area contributed by atoms with Gasteiger partial charge in [0.15, 0.2) is 0 Å². The molecule has 0 saturated carbocycles. The topological polar surface area (TPSA) is 76.4 Å². The predicted molar refractivity (Wildman–Crippen MR) is 127 cm³/mol. The maximum absolute atomic E-state index is 13.4. The summed E-state index contributed by atoms with van der Waals surface area (Å²) in [5, 5.41) is -0.207. The van der Waals surface area contributed by atoms with E-state index in [-0.39, 0.29) is 22.3 Å². The molecule has 4 aromatic rings. The number of hydrogen-bond acceptors (Lipinski definition) is 4. The molecule has 1 N–H and O–H groups in total. The Morgan fingerprint density at radius 1 is 0.857 bits per heavy atom. The van der Waals surface area contributed by atoms with Gasteiger partial charge in [-0.25, -0.2) is 17.9 Å². The lowest BCUT2D eigenvalue weighted by Crippen LogP contribution is -2.40. The SMILES string of the molecule is CC(C)(NS(=O)(=O)c1ccc(Cc2ccc3oc(=O)cc(C(F)(F)F)c3c2)cc1)c1ccccc1. The lowest BCUT2D eigenvalue weighted by Gasteiger charge is -2.26. The molecule has 9 heteroatoms. The van der Waals surface area contributed by atoms with Gasteiger partial charge in [0, 0.05) is 11.5 Å². The van der Waals surface area contributed by atoms with Gasteiger partial charge in [-0.05, 0) is 61.2 Å². The van der Waals surface area contributed by atoms with Gasteiger partial charge in [-0.15, -0.1) is 0 Å². The summed E-state index contributed by atoms with van der Waals surface area (Å²) in [6, 6.07) is 20.0. The Hall–Kier alpha value is -3.43. The molecule has 0 unspecified atom stereocenters. The van der Waals surface area contributed by atoms with E-state index in [0.29, 0.717) is 17.2 Å². The van der Waals surface area contributed by atoms with E-state index in [1.807, 2.05) is 30.3 Å². The maximum atomic E-state index is 13.4. The Morgan fingerprint density at radius 3 is 2.11 bits per heavy atom. The summed E-state index contributed by atoms with van der Waals surface area (Å²) in [6.45, 7) is 3.54. The molecular weight excluding hydrogens is 479 g/mol. The van der Waals surface area contributed by atoms with E-state index >= 15 is 0 Å². The van der Waals surface area contributed by atoms with Crippen LogP contribution in [0.5, 0.6) is 0 Å². The minimum absolute atomic E-state index is 0.0740. The lowest BCUT2D eigenvalue weighted by molar-refractivity contribution is -0.136. The van der Waals surface area contributed by atoms with Crippen LogP contribution in [0.1, 0.15) is 36.1 Å². The smallest absolute Gasteiger partial charge is 0.417 e. The van der Waals surface area contributed by atoms with Crippen molar-refractivity contribution in [3.8, 4) is 0 Å². The average molecular weight is 502 g/mol. The van der Waals surface area contributed by atoms with Crippen molar-refractivity contribution in [2.75, 3.05) is 0 Å². The van der Waals surface area contributed by atoms with Gasteiger partial charge < -0.3 is 4.42 Å². The molecule has 0 aliphatic rings. The summed E-state index contributed by atoms with van der Waals surface area (Å²) < 4.78 is 73.7. The zero-order valence-corrected chi connectivity index (χ0v) is 19.7. The Balaban J connectivity index is 1.58. The molecule has 0 aliphatic carbocycles. The number of rotatable bonds is 6. The molecule has 0 aliphatic heterocycles. The third-order valence-corrected chi connectivity index (χ3v) is 7.31. The second-order valence-electron chi connectivity index (χ2n) is 8.72. The molecule has 0 radical (unpaired) electrons. The average Bonchev–Trinajstić information content (AvgIpc) is 2.78. The third kappa shape index (κ3) is 5.47. The molecule has 4 rings (SSSR count). The van der Waals surface area contributed by atoms with E-state index < -0.39 is 32.9 Å². The van der Waals surface area contributed by atoms with Gasteiger partial charge >= 0.3 is 11.8 Å². The summed E-state index contributed by atoms with van der Waals surface area (Å²) >= 11 is 0. The first kappa shape index (κ1) is 24.7.